The lowest BCUT2D eigenvalue weighted by Gasteiger charge is -2.26. The van der Waals surface area contributed by atoms with Gasteiger partial charge >= 0.3 is 0 Å². The number of thiophene rings is 1. The van der Waals surface area contributed by atoms with Crippen molar-refractivity contribution in [2.75, 3.05) is 5.32 Å². The van der Waals surface area contributed by atoms with Crippen molar-refractivity contribution in [2.45, 2.75) is 39.2 Å². The van der Waals surface area contributed by atoms with Gasteiger partial charge in [0.1, 0.15) is 4.83 Å². The lowest BCUT2D eigenvalue weighted by Crippen LogP contribution is -2.27. The monoisotopic (exact) mass is 354 g/mol. The van der Waals surface area contributed by atoms with Crippen molar-refractivity contribution in [3.8, 4) is 0 Å². The van der Waals surface area contributed by atoms with Crippen LogP contribution in [-0.4, -0.2) is 21.2 Å². The van der Waals surface area contributed by atoms with Gasteiger partial charge in [0.05, 0.1) is 21.6 Å². The molecule has 1 aliphatic carbocycles. The van der Waals surface area contributed by atoms with Gasteiger partial charge in [0.15, 0.2) is 5.82 Å². The van der Waals surface area contributed by atoms with E-state index in [1.165, 1.54) is 19.3 Å². The average molecular weight is 355 g/mol. The highest BCUT2D eigenvalue weighted by Gasteiger charge is 2.21. The van der Waals surface area contributed by atoms with E-state index in [-0.39, 0.29) is 12.4 Å². The molecule has 7 heteroatoms. The van der Waals surface area contributed by atoms with E-state index in [4.69, 9.17) is 11.6 Å². The predicted octanol–water partition coefficient (Wildman–Crippen LogP) is 4.90. The Balaban J connectivity index is 0.00000144. The summed E-state index contributed by atoms with van der Waals surface area (Å²) in [5, 5.41) is 14.9. The van der Waals surface area contributed by atoms with E-state index in [0.717, 1.165) is 42.4 Å². The highest BCUT2D eigenvalue weighted by molar-refractivity contribution is 7.26. The third kappa shape index (κ3) is 2.32. The molecule has 1 fully saturated rings. The molecule has 3 heterocycles. The number of nitrogens with zero attached hydrogens (tertiary/aromatic N) is 3. The van der Waals surface area contributed by atoms with Gasteiger partial charge < -0.3 is 5.32 Å². The highest BCUT2D eigenvalue weighted by atomic mass is 35.5. The fraction of sp³-hybridized carbons (Fsp3) is 0.400. The first-order valence-corrected chi connectivity index (χ1v) is 8.31. The smallest absolute Gasteiger partial charge is 0.167 e. The minimum absolute atomic E-state index is 0. The number of anilines is 1. The molecule has 0 bridgehead atoms. The van der Waals surface area contributed by atoms with Crippen molar-refractivity contribution in [1.82, 2.24) is 15.2 Å². The fourth-order valence-corrected chi connectivity index (χ4v) is 4.12. The van der Waals surface area contributed by atoms with Gasteiger partial charge in [0.25, 0.3) is 0 Å². The number of aromatic nitrogens is 3. The lowest BCUT2D eigenvalue weighted by molar-refractivity contribution is 0.444. The molecule has 0 aliphatic heterocycles. The van der Waals surface area contributed by atoms with Crippen LogP contribution in [-0.2, 0) is 0 Å². The summed E-state index contributed by atoms with van der Waals surface area (Å²) in [5.41, 5.74) is 1.95. The number of hydrogen-bond acceptors (Lipinski definition) is 5. The van der Waals surface area contributed by atoms with Crippen molar-refractivity contribution < 1.29 is 0 Å². The van der Waals surface area contributed by atoms with E-state index in [0.29, 0.717) is 6.04 Å². The zero-order chi connectivity index (χ0) is 14.6. The van der Waals surface area contributed by atoms with E-state index < -0.39 is 0 Å². The SMILES string of the molecule is Cc1nc2sc3c(NC4CCC4)nncc3c2c(C)c1Cl.Cl. The van der Waals surface area contributed by atoms with Gasteiger partial charge in [-0.1, -0.05) is 11.6 Å². The number of aryl methyl sites for hydroxylation is 2. The number of nitrogens with one attached hydrogen (secondary N) is 1. The van der Waals surface area contributed by atoms with Crippen LogP contribution in [0.1, 0.15) is 30.5 Å². The number of rotatable bonds is 2. The van der Waals surface area contributed by atoms with Crippen LogP contribution >= 0.6 is 35.3 Å². The topological polar surface area (TPSA) is 50.7 Å². The molecule has 4 rings (SSSR count). The van der Waals surface area contributed by atoms with Gasteiger partial charge in [0.2, 0.25) is 0 Å². The number of halogens is 2. The quantitative estimate of drug-likeness (QED) is 0.711. The van der Waals surface area contributed by atoms with E-state index in [1.54, 1.807) is 11.3 Å². The number of fused-ring (bicyclic) bond motifs is 3. The van der Waals surface area contributed by atoms with Crippen molar-refractivity contribution in [3.63, 3.8) is 0 Å². The van der Waals surface area contributed by atoms with Gasteiger partial charge in [-0.3, -0.25) is 0 Å². The molecule has 22 heavy (non-hydrogen) atoms. The second kappa shape index (κ2) is 5.80. The second-order valence-corrected chi connectivity index (χ2v) is 7.00. The molecule has 1 aliphatic rings. The van der Waals surface area contributed by atoms with Crippen molar-refractivity contribution in [3.05, 3.63) is 22.5 Å². The first-order valence-electron chi connectivity index (χ1n) is 7.12. The molecule has 0 atom stereocenters. The molecular formula is C15H16Cl2N4S. The summed E-state index contributed by atoms with van der Waals surface area (Å²) in [6.07, 6.45) is 5.54. The summed E-state index contributed by atoms with van der Waals surface area (Å²) in [4.78, 5) is 5.64. The molecule has 0 saturated heterocycles. The molecule has 3 aromatic heterocycles. The zero-order valence-corrected chi connectivity index (χ0v) is 14.7. The van der Waals surface area contributed by atoms with Gasteiger partial charge in [0, 0.05) is 16.8 Å². The van der Waals surface area contributed by atoms with E-state index in [1.807, 2.05) is 20.0 Å². The van der Waals surface area contributed by atoms with Crippen LogP contribution in [0.3, 0.4) is 0 Å². The second-order valence-electron chi connectivity index (χ2n) is 5.63. The maximum atomic E-state index is 6.36. The number of hydrogen-bond donors (Lipinski definition) is 1. The third-order valence-electron chi connectivity index (χ3n) is 4.22. The Labute approximate surface area is 143 Å². The standard InChI is InChI=1S/C15H15ClN4S.ClH/c1-7-11-10-6-17-20-14(19-9-4-3-5-9)13(10)21-15(11)18-8(2)12(7)16;/h6,9H,3-5H2,1-2H3,(H,19,20);1H. The molecule has 116 valence electrons. The molecule has 0 amide bonds. The maximum Gasteiger partial charge on any atom is 0.167 e. The van der Waals surface area contributed by atoms with Crippen molar-refractivity contribution in [2.24, 2.45) is 0 Å². The Kier molecular flexibility index (Phi) is 4.14. The van der Waals surface area contributed by atoms with E-state index in [9.17, 15) is 0 Å². The van der Waals surface area contributed by atoms with Crippen LogP contribution < -0.4 is 5.32 Å². The van der Waals surface area contributed by atoms with Crippen LogP contribution in [0.15, 0.2) is 6.20 Å². The molecule has 4 nitrogen and oxygen atoms in total. The molecule has 0 unspecified atom stereocenters. The van der Waals surface area contributed by atoms with Crippen LogP contribution in [0, 0.1) is 13.8 Å². The molecule has 0 spiro atoms. The van der Waals surface area contributed by atoms with Crippen LogP contribution in [0.25, 0.3) is 20.3 Å². The maximum absolute atomic E-state index is 6.36. The summed E-state index contributed by atoms with van der Waals surface area (Å²) < 4.78 is 1.13. The Bertz CT molecular complexity index is 858. The molecule has 0 radical (unpaired) electrons. The summed E-state index contributed by atoms with van der Waals surface area (Å²) in [7, 11) is 0. The number of pyridine rings is 1. The van der Waals surface area contributed by atoms with E-state index in [2.05, 4.69) is 20.5 Å². The summed E-state index contributed by atoms with van der Waals surface area (Å²) in [5.74, 6) is 0.883. The third-order valence-corrected chi connectivity index (χ3v) is 5.89. The van der Waals surface area contributed by atoms with Crippen molar-refractivity contribution >= 4 is 61.5 Å². The minimum Gasteiger partial charge on any atom is -0.365 e. The van der Waals surface area contributed by atoms with Gasteiger partial charge in [-0.2, -0.15) is 5.10 Å². The average Bonchev–Trinajstić information content (AvgIpc) is 2.79. The normalized spacial score (nSPS) is 14.9. The molecule has 3 aromatic rings. The van der Waals surface area contributed by atoms with Gasteiger partial charge in [-0.15, -0.1) is 28.8 Å². The lowest BCUT2D eigenvalue weighted by atomic mass is 9.93. The van der Waals surface area contributed by atoms with Gasteiger partial charge in [-0.25, -0.2) is 4.98 Å². The molecule has 1 saturated carbocycles. The Hall–Kier alpha value is -1.17. The molecule has 1 N–H and O–H groups in total. The Morgan fingerprint density at radius 3 is 2.77 bits per heavy atom. The summed E-state index contributed by atoms with van der Waals surface area (Å²) in [6.45, 7) is 3.99. The molecule has 0 aromatic carbocycles. The van der Waals surface area contributed by atoms with Crippen LogP contribution in [0.5, 0.6) is 0 Å². The summed E-state index contributed by atoms with van der Waals surface area (Å²) in [6, 6.07) is 0.537. The van der Waals surface area contributed by atoms with Gasteiger partial charge in [-0.05, 0) is 38.7 Å². The van der Waals surface area contributed by atoms with Crippen molar-refractivity contribution in [1.29, 1.82) is 0 Å². The zero-order valence-electron chi connectivity index (χ0n) is 12.3. The molecular weight excluding hydrogens is 339 g/mol. The summed E-state index contributed by atoms with van der Waals surface area (Å²) >= 11 is 8.03. The highest BCUT2D eigenvalue weighted by Crippen LogP contribution is 2.40. The predicted molar refractivity (Wildman–Crippen MR) is 95.7 cm³/mol. The van der Waals surface area contributed by atoms with Crippen LogP contribution in [0.4, 0.5) is 5.82 Å². The fourth-order valence-electron chi connectivity index (χ4n) is 2.78. The first-order chi connectivity index (χ1) is 10.1. The van der Waals surface area contributed by atoms with E-state index >= 15 is 0 Å². The largest absolute Gasteiger partial charge is 0.365 e. The van der Waals surface area contributed by atoms with Crippen LogP contribution in [0.2, 0.25) is 5.02 Å². The Morgan fingerprint density at radius 2 is 2.09 bits per heavy atom. The minimum atomic E-state index is 0. The Morgan fingerprint density at radius 1 is 1.32 bits per heavy atom. The first kappa shape index (κ1) is 15.7.